The summed E-state index contributed by atoms with van der Waals surface area (Å²) in [6, 6.07) is -0.962. The number of quaternary nitrogens is 1. The van der Waals surface area contributed by atoms with Gasteiger partial charge in [-0.25, -0.2) is 4.79 Å². The summed E-state index contributed by atoms with van der Waals surface area (Å²) in [6.45, 7) is 6.02. The van der Waals surface area contributed by atoms with E-state index in [1.54, 1.807) is 0 Å². The molecular weight excluding hydrogens is 194 g/mol. The van der Waals surface area contributed by atoms with E-state index in [4.69, 9.17) is 5.73 Å². The van der Waals surface area contributed by atoms with Gasteiger partial charge in [-0.05, 0) is 19.8 Å². The van der Waals surface area contributed by atoms with Gasteiger partial charge in [0.25, 0.3) is 5.91 Å². The number of nitrogens with two attached hydrogens (primary N) is 1. The molecule has 15 heavy (non-hydrogen) atoms. The van der Waals surface area contributed by atoms with E-state index in [0.717, 1.165) is 19.5 Å². The Hall–Kier alpha value is -1.10. The summed E-state index contributed by atoms with van der Waals surface area (Å²) >= 11 is 0. The predicted molar refractivity (Wildman–Crippen MR) is 56.3 cm³/mol. The molecule has 1 saturated heterocycles. The minimum atomic E-state index is -0.767. The number of piperidine rings is 1. The monoisotopic (exact) mass is 214 g/mol. The number of amides is 3. The van der Waals surface area contributed by atoms with Crippen LogP contribution in [-0.2, 0) is 4.79 Å². The molecule has 0 aromatic heterocycles. The highest BCUT2D eigenvalue weighted by molar-refractivity contribution is 5.95. The summed E-state index contributed by atoms with van der Waals surface area (Å²) in [4.78, 5) is 23.3. The van der Waals surface area contributed by atoms with Gasteiger partial charge in [0.05, 0.1) is 13.1 Å². The molecule has 0 aromatic rings. The van der Waals surface area contributed by atoms with Gasteiger partial charge in [0.1, 0.15) is 0 Å². The number of urea groups is 1. The van der Waals surface area contributed by atoms with Crippen molar-refractivity contribution in [2.45, 2.75) is 32.7 Å². The standard InChI is InChI=1S/C10H19N3O2/c1-7-4-3-5-13(6-7)8(2)9(14)12-10(11)15/h7-8H,3-6H2,1-2H3,(H3,11,12,14,15)/p+1/t7-,8-/m0/s1. The fraction of sp³-hybridized carbons (Fsp3) is 0.800. The van der Waals surface area contributed by atoms with Gasteiger partial charge in [0.15, 0.2) is 6.04 Å². The average Bonchev–Trinajstić information content (AvgIpc) is 2.15. The van der Waals surface area contributed by atoms with Crippen LogP contribution in [0.25, 0.3) is 0 Å². The molecule has 0 saturated carbocycles. The second-order valence-corrected chi connectivity index (χ2v) is 4.43. The number of hydrogen-bond donors (Lipinski definition) is 3. The van der Waals surface area contributed by atoms with Crippen molar-refractivity contribution in [3.63, 3.8) is 0 Å². The number of nitrogens with one attached hydrogen (secondary N) is 2. The molecule has 1 unspecified atom stereocenters. The third-order valence-electron chi connectivity index (χ3n) is 3.06. The SMILES string of the molecule is C[C@H]1CCC[NH+]([C@@H](C)C(=O)NC(N)=O)C1. The highest BCUT2D eigenvalue weighted by Gasteiger charge is 2.29. The summed E-state index contributed by atoms with van der Waals surface area (Å²) in [6.07, 6.45) is 2.37. The van der Waals surface area contributed by atoms with Gasteiger partial charge in [0.2, 0.25) is 0 Å². The van der Waals surface area contributed by atoms with E-state index < -0.39 is 6.03 Å². The first kappa shape index (κ1) is 12.0. The zero-order chi connectivity index (χ0) is 11.4. The van der Waals surface area contributed by atoms with Crippen molar-refractivity contribution in [3.05, 3.63) is 0 Å². The molecule has 3 atom stereocenters. The Morgan fingerprint density at radius 3 is 2.73 bits per heavy atom. The van der Waals surface area contributed by atoms with E-state index in [0.29, 0.717) is 5.92 Å². The molecule has 0 radical (unpaired) electrons. The first-order chi connectivity index (χ1) is 7.00. The highest BCUT2D eigenvalue weighted by atomic mass is 16.2. The van der Waals surface area contributed by atoms with Crippen LogP contribution in [0, 0.1) is 5.92 Å². The van der Waals surface area contributed by atoms with E-state index in [9.17, 15) is 9.59 Å². The lowest BCUT2D eigenvalue weighted by atomic mass is 9.99. The third kappa shape index (κ3) is 3.51. The smallest absolute Gasteiger partial charge is 0.319 e. The summed E-state index contributed by atoms with van der Waals surface area (Å²) in [5.41, 5.74) is 4.91. The Kier molecular flexibility index (Phi) is 4.08. The molecule has 5 nitrogen and oxygen atoms in total. The van der Waals surface area contributed by atoms with Crippen LogP contribution >= 0.6 is 0 Å². The number of rotatable bonds is 2. The number of hydrogen-bond acceptors (Lipinski definition) is 2. The third-order valence-corrected chi connectivity index (χ3v) is 3.06. The minimum absolute atomic E-state index is 0.194. The van der Waals surface area contributed by atoms with E-state index in [-0.39, 0.29) is 11.9 Å². The fourth-order valence-electron chi connectivity index (χ4n) is 2.14. The Balaban J connectivity index is 2.47. The average molecular weight is 214 g/mol. The zero-order valence-corrected chi connectivity index (χ0v) is 9.38. The van der Waals surface area contributed by atoms with Crippen molar-refractivity contribution in [1.82, 2.24) is 5.32 Å². The lowest BCUT2D eigenvalue weighted by Gasteiger charge is -2.31. The maximum atomic E-state index is 11.5. The van der Waals surface area contributed by atoms with Crippen LogP contribution < -0.4 is 16.0 Å². The van der Waals surface area contributed by atoms with Crippen molar-refractivity contribution >= 4 is 11.9 Å². The lowest BCUT2D eigenvalue weighted by molar-refractivity contribution is -0.922. The second kappa shape index (κ2) is 5.11. The summed E-state index contributed by atoms with van der Waals surface area (Å²) in [5, 5.41) is 2.13. The number of carbonyl (C=O) groups excluding carboxylic acids is 2. The Morgan fingerprint density at radius 1 is 1.53 bits per heavy atom. The molecule has 1 rings (SSSR count). The molecule has 1 heterocycles. The number of likely N-dealkylation sites (tertiary alicyclic amines) is 1. The van der Waals surface area contributed by atoms with Gasteiger partial charge in [-0.2, -0.15) is 0 Å². The maximum Gasteiger partial charge on any atom is 0.319 e. The van der Waals surface area contributed by atoms with Crippen molar-refractivity contribution in [2.24, 2.45) is 11.7 Å². The van der Waals surface area contributed by atoms with E-state index >= 15 is 0 Å². The number of carbonyl (C=O) groups is 2. The zero-order valence-electron chi connectivity index (χ0n) is 9.38. The van der Waals surface area contributed by atoms with Crippen molar-refractivity contribution in [3.8, 4) is 0 Å². The molecule has 1 aliphatic rings. The largest absolute Gasteiger partial charge is 0.351 e. The van der Waals surface area contributed by atoms with Crippen molar-refractivity contribution in [1.29, 1.82) is 0 Å². The highest BCUT2D eigenvalue weighted by Crippen LogP contribution is 2.05. The Labute approximate surface area is 90.0 Å². The van der Waals surface area contributed by atoms with Crippen LogP contribution in [0.15, 0.2) is 0 Å². The van der Waals surface area contributed by atoms with Crippen LogP contribution in [0.4, 0.5) is 4.79 Å². The molecule has 5 heteroatoms. The van der Waals surface area contributed by atoms with Gasteiger partial charge >= 0.3 is 6.03 Å². The Morgan fingerprint density at radius 2 is 2.20 bits per heavy atom. The molecule has 86 valence electrons. The van der Waals surface area contributed by atoms with Crippen LogP contribution in [0.3, 0.4) is 0 Å². The maximum absolute atomic E-state index is 11.5. The van der Waals surface area contributed by atoms with Gasteiger partial charge in [-0.15, -0.1) is 0 Å². The molecule has 0 aromatic carbocycles. The van der Waals surface area contributed by atoms with Crippen LogP contribution in [0.1, 0.15) is 26.7 Å². The molecule has 0 aliphatic carbocycles. The van der Waals surface area contributed by atoms with Crippen molar-refractivity contribution < 1.29 is 14.5 Å². The van der Waals surface area contributed by atoms with Gasteiger partial charge in [-0.1, -0.05) is 6.92 Å². The van der Waals surface area contributed by atoms with Gasteiger partial charge in [0, 0.05) is 5.92 Å². The molecule has 1 fully saturated rings. The summed E-state index contributed by atoms with van der Waals surface area (Å²) in [7, 11) is 0. The lowest BCUT2D eigenvalue weighted by Crippen LogP contribution is -3.18. The van der Waals surface area contributed by atoms with Gasteiger partial charge < -0.3 is 10.6 Å². The normalized spacial score (nSPS) is 28.1. The fourth-order valence-corrected chi connectivity index (χ4v) is 2.14. The van der Waals surface area contributed by atoms with Crippen LogP contribution in [-0.4, -0.2) is 31.1 Å². The Bertz CT molecular complexity index is 255. The van der Waals surface area contributed by atoms with E-state index in [1.165, 1.54) is 11.3 Å². The molecule has 0 spiro atoms. The first-order valence-electron chi connectivity index (χ1n) is 5.45. The number of imide groups is 1. The van der Waals surface area contributed by atoms with Crippen LogP contribution in [0.2, 0.25) is 0 Å². The predicted octanol–water partition coefficient (Wildman–Crippen LogP) is -1.12. The molecule has 1 aliphatic heterocycles. The topological polar surface area (TPSA) is 76.6 Å². The van der Waals surface area contributed by atoms with Gasteiger partial charge in [-0.3, -0.25) is 10.1 Å². The summed E-state index contributed by atoms with van der Waals surface area (Å²) in [5.74, 6) is 0.379. The van der Waals surface area contributed by atoms with E-state index in [2.05, 4.69) is 12.2 Å². The molecule has 4 N–H and O–H groups in total. The minimum Gasteiger partial charge on any atom is -0.351 e. The second-order valence-electron chi connectivity index (χ2n) is 4.43. The van der Waals surface area contributed by atoms with Crippen molar-refractivity contribution in [2.75, 3.05) is 13.1 Å². The van der Waals surface area contributed by atoms with E-state index in [1.807, 2.05) is 6.92 Å². The van der Waals surface area contributed by atoms with Crippen LogP contribution in [0.5, 0.6) is 0 Å². The quantitative estimate of drug-likeness (QED) is 0.545. The summed E-state index contributed by atoms with van der Waals surface area (Å²) < 4.78 is 0. The number of primary amides is 1. The molecular formula is C10H20N3O2+. The molecule has 0 bridgehead atoms. The first-order valence-corrected chi connectivity index (χ1v) is 5.45. The molecule has 3 amide bonds.